The first-order valence-electron chi connectivity index (χ1n) is 11.9. The largest absolute Gasteiger partial charge is 0.492 e. The van der Waals surface area contributed by atoms with Gasteiger partial charge in [0, 0.05) is 30.9 Å². The van der Waals surface area contributed by atoms with Crippen molar-refractivity contribution in [2.24, 2.45) is 5.92 Å². The molecule has 190 valence electrons. The van der Waals surface area contributed by atoms with Crippen LogP contribution in [0.4, 0.5) is 11.5 Å². The second-order valence-electron chi connectivity index (χ2n) is 8.72. The van der Waals surface area contributed by atoms with E-state index in [1.54, 1.807) is 23.2 Å². The molecule has 3 heterocycles. The monoisotopic (exact) mass is 519 g/mol. The molecule has 1 atom stereocenters. The van der Waals surface area contributed by atoms with Crippen molar-refractivity contribution in [1.82, 2.24) is 19.9 Å². The zero-order valence-corrected chi connectivity index (χ0v) is 20.8. The van der Waals surface area contributed by atoms with Gasteiger partial charge < -0.3 is 24.8 Å². The van der Waals surface area contributed by atoms with E-state index in [1.807, 2.05) is 42.5 Å². The van der Waals surface area contributed by atoms with Crippen LogP contribution in [0.2, 0.25) is 5.02 Å². The Morgan fingerprint density at radius 3 is 2.81 bits per heavy atom. The van der Waals surface area contributed by atoms with E-state index in [9.17, 15) is 4.79 Å². The summed E-state index contributed by atoms with van der Waals surface area (Å²) in [6.45, 7) is 1.49. The van der Waals surface area contributed by atoms with Crippen LogP contribution in [-0.4, -0.2) is 57.2 Å². The van der Waals surface area contributed by atoms with E-state index in [-0.39, 0.29) is 11.8 Å². The SMILES string of the molecule is O=C(CO)N1CCC(COc2cccc3ncnc(Nc4ccc(OCc5ccccn5)c(Cl)c4)c23)C1. The fraction of sp³-hybridized carbons (Fsp3) is 0.259. The molecule has 0 aliphatic carbocycles. The lowest BCUT2D eigenvalue weighted by atomic mass is 10.1. The van der Waals surface area contributed by atoms with Gasteiger partial charge in [0.1, 0.15) is 36.9 Å². The lowest BCUT2D eigenvalue weighted by molar-refractivity contribution is -0.133. The Morgan fingerprint density at radius 1 is 1.08 bits per heavy atom. The molecule has 1 saturated heterocycles. The van der Waals surface area contributed by atoms with Crippen molar-refractivity contribution >= 4 is 39.9 Å². The van der Waals surface area contributed by atoms with Gasteiger partial charge >= 0.3 is 0 Å². The topological polar surface area (TPSA) is 110 Å². The van der Waals surface area contributed by atoms with Crippen molar-refractivity contribution in [1.29, 1.82) is 0 Å². The second kappa shape index (κ2) is 11.4. The Labute approximate surface area is 219 Å². The molecule has 37 heavy (non-hydrogen) atoms. The fourth-order valence-electron chi connectivity index (χ4n) is 4.26. The standard InChI is InChI=1S/C27H26ClN5O4/c28-21-12-19(7-8-23(21)37-16-20-4-1-2-10-29-20)32-27-26-22(30-17-31-27)5-3-6-24(26)36-15-18-9-11-33(13-18)25(35)14-34/h1-8,10,12,17-18,34H,9,11,13-16H2,(H,30,31,32). The average molecular weight is 520 g/mol. The van der Waals surface area contributed by atoms with Gasteiger partial charge in [-0.15, -0.1) is 0 Å². The van der Waals surface area contributed by atoms with Crippen LogP contribution in [0.5, 0.6) is 11.5 Å². The summed E-state index contributed by atoms with van der Waals surface area (Å²) in [6, 6.07) is 16.8. The first kappa shape index (κ1) is 24.7. The second-order valence-corrected chi connectivity index (χ2v) is 9.12. The zero-order valence-electron chi connectivity index (χ0n) is 20.0. The van der Waals surface area contributed by atoms with Gasteiger partial charge in [-0.25, -0.2) is 9.97 Å². The highest BCUT2D eigenvalue weighted by Gasteiger charge is 2.26. The third-order valence-corrected chi connectivity index (χ3v) is 6.46. The number of aliphatic hydroxyl groups is 1. The molecule has 1 fully saturated rings. The molecule has 0 saturated carbocycles. The Kier molecular flexibility index (Phi) is 7.62. The number of halogens is 1. The van der Waals surface area contributed by atoms with E-state index in [0.717, 1.165) is 28.7 Å². The minimum atomic E-state index is -0.468. The van der Waals surface area contributed by atoms with Crippen LogP contribution in [0, 0.1) is 5.92 Å². The zero-order chi connectivity index (χ0) is 25.6. The van der Waals surface area contributed by atoms with Gasteiger partial charge in [0.15, 0.2) is 0 Å². The van der Waals surface area contributed by atoms with E-state index in [0.29, 0.717) is 48.6 Å². The number of hydrogen-bond acceptors (Lipinski definition) is 8. The van der Waals surface area contributed by atoms with Gasteiger partial charge in [0.05, 0.1) is 28.2 Å². The number of ether oxygens (including phenoxy) is 2. The number of anilines is 2. The summed E-state index contributed by atoms with van der Waals surface area (Å²) >= 11 is 6.49. The molecule has 0 radical (unpaired) electrons. The van der Waals surface area contributed by atoms with Crippen molar-refractivity contribution in [2.75, 3.05) is 31.6 Å². The summed E-state index contributed by atoms with van der Waals surface area (Å²) < 4.78 is 12.0. The summed E-state index contributed by atoms with van der Waals surface area (Å²) in [4.78, 5) is 26.5. The number of pyridine rings is 1. The number of rotatable bonds is 9. The fourth-order valence-corrected chi connectivity index (χ4v) is 4.50. The predicted octanol–water partition coefficient (Wildman–Crippen LogP) is 4.22. The summed E-state index contributed by atoms with van der Waals surface area (Å²) in [5, 5.41) is 13.6. The van der Waals surface area contributed by atoms with Gasteiger partial charge in [-0.2, -0.15) is 0 Å². The Bertz CT molecular complexity index is 1380. The Balaban J connectivity index is 1.30. The number of aromatic nitrogens is 3. The summed E-state index contributed by atoms with van der Waals surface area (Å²) in [5.74, 6) is 1.72. The third-order valence-electron chi connectivity index (χ3n) is 6.17. The molecular formula is C27H26ClN5O4. The molecule has 1 amide bonds. The maximum absolute atomic E-state index is 11.8. The minimum Gasteiger partial charge on any atom is -0.492 e. The number of hydrogen-bond donors (Lipinski definition) is 2. The van der Waals surface area contributed by atoms with Crippen molar-refractivity contribution in [3.8, 4) is 11.5 Å². The van der Waals surface area contributed by atoms with E-state index in [1.165, 1.54) is 6.33 Å². The van der Waals surface area contributed by atoms with Crippen LogP contribution in [-0.2, 0) is 11.4 Å². The number of benzene rings is 2. The molecule has 4 aromatic rings. The molecule has 1 aliphatic rings. The van der Waals surface area contributed by atoms with Gasteiger partial charge in [0.2, 0.25) is 5.91 Å². The van der Waals surface area contributed by atoms with Crippen molar-refractivity contribution < 1.29 is 19.4 Å². The van der Waals surface area contributed by atoms with E-state index in [4.69, 9.17) is 26.2 Å². The van der Waals surface area contributed by atoms with E-state index < -0.39 is 6.61 Å². The highest BCUT2D eigenvalue weighted by Crippen LogP contribution is 2.34. The normalized spacial score (nSPS) is 15.1. The summed E-state index contributed by atoms with van der Waals surface area (Å²) in [6.07, 6.45) is 4.04. The lowest BCUT2D eigenvalue weighted by Gasteiger charge is -2.17. The molecule has 10 heteroatoms. The van der Waals surface area contributed by atoms with Crippen molar-refractivity contribution in [3.05, 3.63) is 77.8 Å². The highest BCUT2D eigenvalue weighted by atomic mass is 35.5. The molecule has 0 bridgehead atoms. The van der Waals surface area contributed by atoms with Crippen molar-refractivity contribution in [3.63, 3.8) is 0 Å². The first-order chi connectivity index (χ1) is 18.1. The number of aliphatic hydroxyl groups excluding tert-OH is 1. The van der Waals surface area contributed by atoms with Gasteiger partial charge in [0.25, 0.3) is 0 Å². The van der Waals surface area contributed by atoms with E-state index >= 15 is 0 Å². The molecule has 0 spiro atoms. The number of nitrogens with one attached hydrogen (secondary N) is 1. The molecule has 2 aromatic carbocycles. The maximum atomic E-state index is 11.8. The van der Waals surface area contributed by atoms with Gasteiger partial charge in [-0.05, 0) is 48.9 Å². The van der Waals surface area contributed by atoms with Crippen LogP contribution in [0.3, 0.4) is 0 Å². The maximum Gasteiger partial charge on any atom is 0.248 e. The molecular weight excluding hydrogens is 494 g/mol. The number of likely N-dealkylation sites (tertiary alicyclic amines) is 1. The van der Waals surface area contributed by atoms with Crippen LogP contribution in [0.25, 0.3) is 10.9 Å². The number of nitrogens with zero attached hydrogens (tertiary/aromatic N) is 4. The molecule has 9 nitrogen and oxygen atoms in total. The van der Waals surface area contributed by atoms with Crippen molar-refractivity contribution in [2.45, 2.75) is 13.0 Å². The summed E-state index contributed by atoms with van der Waals surface area (Å²) in [7, 11) is 0. The smallest absolute Gasteiger partial charge is 0.248 e. The number of carbonyl (C=O) groups is 1. The number of fused-ring (bicyclic) bond motifs is 1. The minimum absolute atomic E-state index is 0.184. The van der Waals surface area contributed by atoms with Gasteiger partial charge in [-0.3, -0.25) is 9.78 Å². The first-order valence-corrected chi connectivity index (χ1v) is 12.3. The predicted molar refractivity (Wildman–Crippen MR) is 140 cm³/mol. The van der Waals surface area contributed by atoms with Gasteiger partial charge in [-0.1, -0.05) is 23.7 Å². The molecule has 2 N–H and O–H groups in total. The third kappa shape index (κ3) is 5.90. The molecule has 5 rings (SSSR count). The number of carbonyl (C=O) groups excluding carboxylic acids is 1. The Morgan fingerprint density at radius 2 is 2.00 bits per heavy atom. The van der Waals surface area contributed by atoms with Crippen LogP contribution < -0.4 is 14.8 Å². The quantitative estimate of drug-likeness (QED) is 0.338. The molecule has 1 unspecified atom stereocenters. The molecule has 1 aliphatic heterocycles. The number of amides is 1. The lowest BCUT2D eigenvalue weighted by Crippen LogP contribution is -2.31. The average Bonchev–Trinajstić information content (AvgIpc) is 3.41. The molecule has 2 aromatic heterocycles. The van der Waals surface area contributed by atoms with E-state index in [2.05, 4.69) is 20.3 Å². The Hall–Kier alpha value is -3.95. The highest BCUT2D eigenvalue weighted by molar-refractivity contribution is 6.32. The van der Waals surface area contributed by atoms with Crippen LogP contribution >= 0.6 is 11.6 Å². The van der Waals surface area contributed by atoms with Crippen LogP contribution in [0.15, 0.2) is 67.1 Å². The van der Waals surface area contributed by atoms with Crippen LogP contribution in [0.1, 0.15) is 12.1 Å². The summed E-state index contributed by atoms with van der Waals surface area (Å²) in [5.41, 5.74) is 2.28.